The highest BCUT2D eigenvalue weighted by Gasteiger charge is 2.23. The molecule has 1 heterocycles. The molecule has 0 bridgehead atoms. The average molecular weight is 502 g/mol. The van der Waals surface area contributed by atoms with Crippen LogP contribution in [-0.4, -0.2) is 16.8 Å². The second-order valence-corrected chi connectivity index (χ2v) is 10.0. The highest BCUT2D eigenvalue weighted by atomic mass is 32.2. The Labute approximate surface area is 214 Å². The molecular formula is C28H27N3O2S2. The predicted molar refractivity (Wildman–Crippen MR) is 146 cm³/mol. The van der Waals surface area contributed by atoms with E-state index in [1.165, 1.54) is 23.1 Å². The summed E-state index contributed by atoms with van der Waals surface area (Å²) in [5.41, 5.74) is 3.47. The van der Waals surface area contributed by atoms with Crippen molar-refractivity contribution in [3.63, 3.8) is 0 Å². The number of hydrogen-bond acceptors (Lipinski definition) is 5. The first-order valence-electron chi connectivity index (χ1n) is 11.6. The lowest BCUT2D eigenvalue weighted by Crippen LogP contribution is -2.19. The summed E-state index contributed by atoms with van der Waals surface area (Å²) in [6.45, 7) is 2.06. The standard InChI is InChI=1S/C28H27N3O2S2/c1-2-3-17-25(32)29-22-15-10-16-23(18-22)35-26(21-13-8-5-9-14-21)27(33)31-28-30-24(19-34-28)20-11-6-4-7-12-20/h4-16,18-19,26H,2-3,17H2,1H3,(H,29,32)(H,30,31,33). The zero-order valence-corrected chi connectivity index (χ0v) is 21.1. The van der Waals surface area contributed by atoms with Gasteiger partial charge in [0.2, 0.25) is 11.8 Å². The Balaban J connectivity index is 1.51. The molecule has 0 saturated carbocycles. The number of hydrogen-bond donors (Lipinski definition) is 2. The Hall–Kier alpha value is -3.42. The van der Waals surface area contributed by atoms with Crippen LogP contribution in [0.3, 0.4) is 0 Å². The molecule has 3 aromatic carbocycles. The topological polar surface area (TPSA) is 71.1 Å². The van der Waals surface area contributed by atoms with Crippen molar-refractivity contribution in [2.75, 3.05) is 10.6 Å². The van der Waals surface area contributed by atoms with Crippen molar-refractivity contribution in [1.29, 1.82) is 0 Å². The van der Waals surface area contributed by atoms with Crippen molar-refractivity contribution in [1.82, 2.24) is 4.98 Å². The van der Waals surface area contributed by atoms with Crippen molar-refractivity contribution in [2.24, 2.45) is 0 Å². The normalized spacial score (nSPS) is 11.6. The van der Waals surface area contributed by atoms with E-state index in [1.54, 1.807) is 0 Å². The van der Waals surface area contributed by atoms with Crippen molar-refractivity contribution < 1.29 is 9.59 Å². The maximum atomic E-state index is 13.4. The first-order valence-corrected chi connectivity index (χ1v) is 13.3. The summed E-state index contributed by atoms with van der Waals surface area (Å²) >= 11 is 2.85. The number of aromatic nitrogens is 1. The molecule has 1 atom stereocenters. The minimum Gasteiger partial charge on any atom is -0.326 e. The summed E-state index contributed by atoms with van der Waals surface area (Å²) in [6.07, 6.45) is 2.34. The van der Waals surface area contributed by atoms with Gasteiger partial charge in [0.25, 0.3) is 0 Å². The van der Waals surface area contributed by atoms with Crippen LogP contribution in [0.4, 0.5) is 10.8 Å². The first-order chi connectivity index (χ1) is 17.1. The van der Waals surface area contributed by atoms with E-state index in [1.807, 2.05) is 90.3 Å². The summed E-state index contributed by atoms with van der Waals surface area (Å²) in [5, 5.41) is 7.98. The van der Waals surface area contributed by atoms with Gasteiger partial charge in [-0.25, -0.2) is 4.98 Å². The summed E-state index contributed by atoms with van der Waals surface area (Å²) in [7, 11) is 0. The molecule has 0 saturated heterocycles. The lowest BCUT2D eigenvalue weighted by atomic mass is 10.1. The molecule has 0 fully saturated rings. The number of amides is 2. The minimum atomic E-state index is -0.480. The number of carbonyl (C=O) groups excluding carboxylic acids is 2. The molecule has 0 aliphatic heterocycles. The summed E-state index contributed by atoms with van der Waals surface area (Å²) in [4.78, 5) is 31.1. The lowest BCUT2D eigenvalue weighted by molar-refractivity contribution is -0.116. The SMILES string of the molecule is CCCCC(=O)Nc1cccc(SC(C(=O)Nc2nc(-c3ccccc3)cs2)c2ccccc2)c1. The fourth-order valence-electron chi connectivity index (χ4n) is 3.49. The molecule has 0 aliphatic rings. The van der Waals surface area contributed by atoms with Crippen molar-refractivity contribution in [3.8, 4) is 11.3 Å². The molecule has 0 spiro atoms. The Morgan fingerprint density at radius 2 is 1.69 bits per heavy atom. The van der Waals surface area contributed by atoms with Crippen LogP contribution in [0.15, 0.2) is 95.2 Å². The molecular weight excluding hydrogens is 474 g/mol. The average Bonchev–Trinajstić information content (AvgIpc) is 3.35. The number of nitrogens with one attached hydrogen (secondary N) is 2. The summed E-state index contributed by atoms with van der Waals surface area (Å²) in [6, 6.07) is 27.2. The number of unbranched alkanes of at least 4 members (excludes halogenated alkanes) is 1. The molecule has 35 heavy (non-hydrogen) atoms. The largest absolute Gasteiger partial charge is 0.326 e. The molecule has 2 N–H and O–H groups in total. The van der Waals surface area contributed by atoms with Crippen LogP contribution in [-0.2, 0) is 9.59 Å². The third-order valence-electron chi connectivity index (χ3n) is 5.27. The van der Waals surface area contributed by atoms with Gasteiger partial charge in [0.05, 0.1) is 5.69 Å². The number of nitrogens with zero attached hydrogens (tertiary/aromatic N) is 1. The summed E-state index contributed by atoms with van der Waals surface area (Å²) in [5.74, 6) is -0.142. The number of carbonyl (C=O) groups is 2. The molecule has 1 unspecified atom stereocenters. The van der Waals surface area contributed by atoms with Gasteiger partial charge in [0.15, 0.2) is 5.13 Å². The quantitative estimate of drug-likeness (QED) is 0.222. The molecule has 4 aromatic rings. The zero-order valence-electron chi connectivity index (χ0n) is 19.4. The van der Waals surface area contributed by atoms with Gasteiger partial charge in [0.1, 0.15) is 5.25 Å². The Bertz CT molecular complexity index is 1260. The first kappa shape index (κ1) is 24.7. The third kappa shape index (κ3) is 7.04. The lowest BCUT2D eigenvalue weighted by Gasteiger charge is -2.17. The number of benzene rings is 3. The van der Waals surface area contributed by atoms with E-state index in [2.05, 4.69) is 22.5 Å². The highest BCUT2D eigenvalue weighted by Crippen LogP contribution is 2.37. The number of thiazole rings is 1. The smallest absolute Gasteiger partial charge is 0.244 e. The van der Waals surface area contributed by atoms with Crippen molar-refractivity contribution >= 4 is 45.7 Å². The van der Waals surface area contributed by atoms with Gasteiger partial charge >= 0.3 is 0 Å². The molecule has 1 aromatic heterocycles. The van der Waals surface area contributed by atoms with Gasteiger partial charge < -0.3 is 10.6 Å². The maximum Gasteiger partial charge on any atom is 0.244 e. The van der Waals surface area contributed by atoms with Crippen LogP contribution < -0.4 is 10.6 Å². The van der Waals surface area contributed by atoms with Gasteiger partial charge in [-0.1, -0.05) is 80.1 Å². The van der Waals surface area contributed by atoms with Crippen LogP contribution in [0.5, 0.6) is 0 Å². The molecule has 5 nitrogen and oxygen atoms in total. The molecule has 178 valence electrons. The van der Waals surface area contributed by atoms with Crippen LogP contribution >= 0.6 is 23.1 Å². The number of rotatable bonds is 10. The maximum absolute atomic E-state index is 13.4. The molecule has 7 heteroatoms. The molecule has 0 aliphatic carbocycles. The van der Waals surface area contributed by atoms with Crippen LogP contribution in [0.1, 0.15) is 37.0 Å². The second kappa shape index (κ2) is 12.3. The third-order valence-corrected chi connectivity index (χ3v) is 7.28. The van der Waals surface area contributed by atoms with Crippen LogP contribution in [0, 0.1) is 0 Å². The fourth-order valence-corrected chi connectivity index (χ4v) is 5.29. The van der Waals surface area contributed by atoms with Crippen molar-refractivity contribution in [3.05, 3.63) is 95.9 Å². The Morgan fingerprint density at radius 1 is 0.943 bits per heavy atom. The zero-order chi connectivity index (χ0) is 24.5. The van der Waals surface area contributed by atoms with E-state index >= 15 is 0 Å². The van der Waals surface area contributed by atoms with E-state index in [-0.39, 0.29) is 11.8 Å². The number of thioether (sulfide) groups is 1. The number of anilines is 2. The molecule has 2 amide bonds. The molecule has 0 radical (unpaired) electrons. The van der Waals surface area contributed by atoms with Gasteiger partial charge in [-0.05, 0) is 30.2 Å². The Kier molecular flexibility index (Phi) is 8.70. The van der Waals surface area contributed by atoms with Gasteiger partial charge in [-0.2, -0.15) is 0 Å². The van der Waals surface area contributed by atoms with E-state index in [0.29, 0.717) is 11.6 Å². The second-order valence-electron chi connectivity index (χ2n) is 7.98. The van der Waals surface area contributed by atoms with Gasteiger partial charge in [0, 0.05) is 27.9 Å². The van der Waals surface area contributed by atoms with E-state index in [9.17, 15) is 9.59 Å². The fraction of sp³-hybridized carbons (Fsp3) is 0.179. The van der Waals surface area contributed by atoms with E-state index in [4.69, 9.17) is 0 Å². The monoisotopic (exact) mass is 501 g/mol. The van der Waals surface area contributed by atoms with Crippen LogP contribution in [0.2, 0.25) is 0 Å². The van der Waals surface area contributed by atoms with Gasteiger partial charge in [-0.15, -0.1) is 23.1 Å². The van der Waals surface area contributed by atoms with Gasteiger partial charge in [-0.3, -0.25) is 9.59 Å². The van der Waals surface area contributed by atoms with E-state index in [0.717, 1.165) is 40.2 Å². The highest BCUT2D eigenvalue weighted by molar-refractivity contribution is 8.00. The van der Waals surface area contributed by atoms with E-state index < -0.39 is 5.25 Å². The minimum absolute atomic E-state index is 0.00402. The molecule has 4 rings (SSSR count). The summed E-state index contributed by atoms with van der Waals surface area (Å²) < 4.78 is 0. The van der Waals surface area contributed by atoms with Crippen molar-refractivity contribution in [2.45, 2.75) is 36.3 Å². The Morgan fingerprint density at radius 3 is 2.43 bits per heavy atom. The predicted octanol–water partition coefficient (Wildman–Crippen LogP) is 7.41. The van der Waals surface area contributed by atoms with Crippen LogP contribution in [0.25, 0.3) is 11.3 Å².